The molecule has 5 nitrogen and oxygen atoms in total. The fourth-order valence-corrected chi connectivity index (χ4v) is 2.00. The van der Waals surface area contributed by atoms with Crippen molar-refractivity contribution < 1.29 is 9.53 Å². The smallest absolute Gasteiger partial charge is 0.326 e. The zero-order chi connectivity index (χ0) is 11.8. The molecule has 2 N–H and O–H groups in total. The average molecular weight is 223 g/mol. The monoisotopic (exact) mass is 223 g/mol. The number of methoxy groups -OCH3 is 1. The maximum absolute atomic E-state index is 11.4. The maximum atomic E-state index is 11.4. The van der Waals surface area contributed by atoms with Crippen molar-refractivity contribution in [1.29, 1.82) is 0 Å². The number of rotatable bonds is 4. The van der Waals surface area contributed by atoms with E-state index in [9.17, 15) is 4.79 Å². The summed E-state index contributed by atoms with van der Waals surface area (Å²) in [6, 6.07) is 0. The lowest BCUT2D eigenvalue weighted by atomic mass is 10.2. The van der Waals surface area contributed by atoms with Gasteiger partial charge in [0.05, 0.1) is 19.1 Å². The fraction of sp³-hybridized carbons (Fsp3) is 0.636. The summed E-state index contributed by atoms with van der Waals surface area (Å²) in [5.41, 5.74) is 5.98. The van der Waals surface area contributed by atoms with Gasteiger partial charge in [0.25, 0.3) is 0 Å². The van der Waals surface area contributed by atoms with Gasteiger partial charge in [-0.2, -0.15) is 0 Å². The second-order valence-corrected chi connectivity index (χ2v) is 4.33. The molecule has 1 unspecified atom stereocenters. The van der Waals surface area contributed by atoms with Crippen molar-refractivity contribution in [2.75, 3.05) is 7.11 Å². The average Bonchev–Trinajstić information content (AvgIpc) is 2.75. The molecule has 0 radical (unpaired) electrons. The Bertz CT molecular complexity index is 402. The van der Waals surface area contributed by atoms with Crippen LogP contribution in [-0.2, 0) is 16.1 Å². The van der Waals surface area contributed by atoms with E-state index in [2.05, 4.69) is 16.6 Å². The van der Waals surface area contributed by atoms with Gasteiger partial charge in [-0.25, -0.2) is 4.98 Å². The van der Waals surface area contributed by atoms with Gasteiger partial charge in [0.1, 0.15) is 5.54 Å². The van der Waals surface area contributed by atoms with Gasteiger partial charge < -0.3 is 15.0 Å². The highest BCUT2D eigenvalue weighted by atomic mass is 16.5. The minimum atomic E-state index is -0.847. The Hall–Kier alpha value is -1.36. The third-order valence-corrected chi connectivity index (χ3v) is 3.06. The summed E-state index contributed by atoms with van der Waals surface area (Å²) in [4.78, 5) is 15.7. The zero-order valence-electron chi connectivity index (χ0n) is 9.64. The van der Waals surface area contributed by atoms with Gasteiger partial charge in [-0.3, -0.25) is 4.79 Å². The molecule has 1 aliphatic rings. The van der Waals surface area contributed by atoms with Crippen molar-refractivity contribution in [1.82, 2.24) is 9.55 Å². The van der Waals surface area contributed by atoms with E-state index in [1.54, 1.807) is 6.33 Å². The number of imidazole rings is 1. The quantitative estimate of drug-likeness (QED) is 0.761. The molecule has 0 aromatic carbocycles. The number of nitrogens with two attached hydrogens (primary N) is 1. The van der Waals surface area contributed by atoms with Crippen LogP contribution >= 0.6 is 0 Å². The van der Waals surface area contributed by atoms with Crippen molar-refractivity contribution in [2.24, 2.45) is 5.73 Å². The van der Waals surface area contributed by atoms with Crippen molar-refractivity contribution in [2.45, 2.75) is 37.8 Å². The molecule has 2 atom stereocenters. The van der Waals surface area contributed by atoms with Crippen LogP contribution in [0, 0.1) is 0 Å². The van der Waals surface area contributed by atoms with Gasteiger partial charge in [-0.15, -0.1) is 0 Å². The van der Waals surface area contributed by atoms with E-state index in [0.29, 0.717) is 6.42 Å². The molecule has 1 heterocycles. The molecule has 1 saturated carbocycles. The molecular weight excluding hydrogens is 206 g/mol. The first-order valence-corrected chi connectivity index (χ1v) is 5.50. The molecule has 1 aromatic heterocycles. The van der Waals surface area contributed by atoms with Crippen molar-refractivity contribution in [3.8, 4) is 0 Å². The number of esters is 1. The third kappa shape index (κ3) is 1.71. The number of aromatic nitrogens is 2. The Labute approximate surface area is 94.6 Å². The highest BCUT2D eigenvalue weighted by molar-refractivity contribution is 5.86. The summed E-state index contributed by atoms with van der Waals surface area (Å²) in [6.07, 6.45) is 5.44. The molecule has 5 heteroatoms. The van der Waals surface area contributed by atoms with Crippen LogP contribution in [-0.4, -0.2) is 28.2 Å². The second kappa shape index (κ2) is 3.90. The van der Waals surface area contributed by atoms with Crippen molar-refractivity contribution in [3.63, 3.8) is 0 Å². The van der Waals surface area contributed by atoms with Gasteiger partial charge in [0.2, 0.25) is 0 Å². The molecule has 1 aromatic rings. The normalized spacial score (nSPS) is 27.8. The molecular formula is C11H17N3O2. The van der Waals surface area contributed by atoms with E-state index in [-0.39, 0.29) is 11.9 Å². The molecule has 88 valence electrons. The van der Waals surface area contributed by atoms with Crippen LogP contribution in [0.5, 0.6) is 0 Å². The largest absolute Gasteiger partial charge is 0.468 e. The molecule has 1 fully saturated rings. The highest BCUT2D eigenvalue weighted by Crippen LogP contribution is 2.49. The van der Waals surface area contributed by atoms with Crippen LogP contribution in [0.15, 0.2) is 12.5 Å². The predicted octanol–water partition coefficient (Wildman–Crippen LogP) is 0.651. The lowest BCUT2D eigenvalue weighted by Crippen LogP contribution is -2.36. The first-order valence-electron chi connectivity index (χ1n) is 5.50. The first kappa shape index (κ1) is 11.1. The Morgan fingerprint density at radius 1 is 1.81 bits per heavy atom. The van der Waals surface area contributed by atoms with Crippen LogP contribution in [0.2, 0.25) is 0 Å². The van der Waals surface area contributed by atoms with E-state index in [1.807, 2.05) is 10.8 Å². The number of nitrogens with zero attached hydrogens (tertiary/aromatic N) is 2. The van der Waals surface area contributed by atoms with E-state index < -0.39 is 5.54 Å². The first-order chi connectivity index (χ1) is 7.61. The fourth-order valence-electron chi connectivity index (χ4n) is 2.00. The van der Waals surface area contributed by atoms with E-state index >= 15 is 0 Å². The molecule has 0 bridgehead atoms. The number of carbonyl (C=O) groups excluding carboxylic acids is 1. The van der Waals surface area contributed by atoms with Crippen LogP contribution in [0.25, 0.3) is 0 Å². The summed E-state index contributed by atoms with van der Waals surface area (Å²) < 4.78 is 6.70. The summed E-state index contributed by atoms with van der Waals surface area (Å²) in [5, 5.41) is 0. The molecule has 0 amide bonds. The van der Waals surface area contributed by atoms with Gasteiger partial charge in [0.15, 0.2) is 0 Å². The number of hydrogen-bond donors (Lipinski definition) is 1. The molecule has 0 aliphatic heterocycles. The standard InChI is InChI=1S/C11H17N3O2/c1-3-4-14-6-9(13-7-14)8-5-11(8,12)10(15)16-2/h6-8H,3-5,12H2,1-2H3/t8-,11?/m0/s1. The Kier molecular flexibility index (Phi) is 2.71. The number of aryl methyl sites for hydroxylation is 1. The van der Waals surface area contributed by atoms with Crippen molar-refractivity contribution in [3.05, 3.63) is 18.2 Å². The van der Waals surface area contributed by atoms with E-state index in [1.165, 1.54) is 7.11 Å². The van der Waals surface area contributed by atoms with Gasteiger partial charge in [-0.1, -0.05) is 6.92 Å². The minimum absolute atomic E-state index is 0.0121. The molecule has 0 spiro atoms. The Morgan fingerprint density at radius 3 is 3.19 bits per heavy atom. The summed E-state index contributed by atoms with van der Waals surface area (Å²) in [7, 11) is 1.36. The van der Waals surface area contributed by atoms with Crippen molar-refractivity contribution >= 4 is 5.97 Å². The highest BCUT2D eigenvalue weighted by Gasteiger charge is 2.60. The van der Waals surface area contributed by atoms with E-state index in [0.717, 1.165) is 18.7 Å². The number of hydrogen-bond acceptors (Lipinski definition) is 4. The summed E-state index contributed by atoms with van der Waals surface area (Å²) >= 11 is 0. The summed E-state index contributed by atoms with van der Waals surface area (Å²) in [6.45, 7) is 3.05. The minimum Gasteiger partial charge on any atom is -0.468 e. The Morgan fingerprint density at radius 2 is 2.56 bits per heavy atom. The topological polar surface area (TPSA) is 70.1 Å². The van der Waals surface area contributed by atoms with Gasteiger partial charge in [0, 0.05) is 18.7 Å². The molecule has 0 saturated heterocycles. The van der Waals surface area contributed by atoms with Gasteiger partial charge >= 0.3 is 5.97 Å². The van der Waals surface area contributed by atoms with Crippen LogP contribution in [0.3, 0.4) is 0 Å². The number of carbonyl (C=O) groups is 1. The molecule has 2 rings (SSSR count). The van der Waals surface area contributed by atoms with Crippen LogP contribution in [0.1, 0.15) is 31.4 Å². The second-order valence-electron chi connectivity index (χ2n) is 4.33. The van der Waals surface area contributed by atoms with Gasteiger partial charge in [-0.05, 0) is 12.8 Å². The van der Waals surface area contributed by atoms with E-state index in [4.69, 9.17) is 5.73 Å². The maximum Gasteiger partial charge on any atom is 0.326 e. The lowest BCUT2D eigenvalue weighted by molar-refractivity contribution is -0.143. The lowest BCUT2D eigenvalue weighted by Gasteiger charge is -2.06. The Balaban J connectivity index is 2.07. The summed E-state index contributed by atoms with van der Waals surface area (Å²) in [5.74, 6) is -0.333. The van der Waals surface area contributed by atoms with Crippen LogP contribution in [0.4, 0.5) is 0 Å². The molecule has 1 aliphatic carbocycles. The SMILES string of the molecule is CCCn1cnc([C@@H]2CC2(N)C(=O)OC)c1. The van der Waals surface area contributed by atoms with Crippen LogP contribution < -0.4 is 5.73 Å². The number of ether oxygens (including phenoxy) is 1. The predicted molar refractivity (Wildman–Crippen MR) is 58.8 cm³/mol. The molecule has 16 heavy (non-hydrogen) atoms. The third-order valence-electron chi connectivity index (χ3n) is 3.06. The zero-order valence-corrected chi connectivity index (χ0v) is 9.64.